The lowest BCUT2D eigenvalue weighted by Crippen LogP contribution is -2.49. The van der Waals surface area contributed by atoms with E-state index in [9.17, 15) is 4.79 Å². The van der Waals surface area contributed by atoms with Crippen molar-refractivity contribution < 1.29 is 9.53 Å². The Morgan fingerprint density at radius 3 is 2.81 bits per heavy atom. The summed E-state index contributed by atoms with van der Waals surface area (Å²) in [6.45, 7) is 4.37. The van der Waals surface area contributed by atoms with Crippen molar-refractivity contribution in [3.05, 3.63) is 42.1 Å². The Morgan fingerprint density at radius 1 is 1.33 bits per heavy atom. The van der Waals surface area contributed by atoms with Gasteiger partial charge in [-0.2, -0.15) is 0 Å². The number of benzene rings is 1. The molecule has 0 unspecified atom stereocenters. The van der Waals surface area contributed by atoms with Gasteiger partial charge in [0, 0.05) is 30.6 Å². The molecule has 0 radical (unpaired) electrons. The fourth-order valence-electron chi connectivity index (χ4n) is 2.81. The Labute approximate surface area is 124 Å². The lowest BCUT2D eigenvalue weighted by molar-refractivity contribution is -0.141. The Hall–Kier alpha value is -1.94. The first-order valence-corrected chi connectivity index (χ1v) is 7.22. The van der Waals surface area contributed by atoms with E-state index in [2.05, 4.69) is 11.9 Å². The van der Waals surface area contributed by atoms with Crippen LogP contribution in [-0.4, -0.2) is 42.6 Å². The minimum absolute atomic E-state index is 0.113. The number of hydrogen-bond donors (Lipinski definition) is 0. The number of aromatic nitrogens is 1. The van der Waals surface area contributed by atoms with Crippen LogP contribution in [0.5, 0.6) is 0 Å². The van der Waals surface area contributed by atoms with Gasteiger partial charge < -0.3 is 9.64 Å². The molecule has 2 aromatic rings. The standard InChI is InChI=1S/C17H20N2O2/c1-17(11-21-12-17)10-19(2)15(20)9-14-6-3-5-13-7-4-8-18-16(13)14/h3-8H,9-12H2,1-2H3. The zero-order valence-electron chi connectivity index (χ0n) is 12.5. The normalized spacial score (nSPS) is 16.5. The summed E-state index contributed by atoms with van der Waals surface area (Å²) in [5.41, 5.74) is 2.02. The Balaban J connectivity index is 1.74. The van der Waals surface area contributed by atoms with Crippen molar-refractivity contribution in [2.24, 2.45) is 5.41 Å². The van der Waals surface area contributed by atoms with Gasteiger partial charge in [-0.15, -0.1) is 0 Å². The van der Waals surface area contributed by atoms with E-state index in [1.807, 2.05) is 42.3 Å². The molecule has 4 nitrogen and oxygen atoms in total. The van der Waals surface area contributed by atoms with Gasteiger partial charge in [0.05, 0.1) is 25.2 Å². The van der Waals surface area contributed by atoms with Crippen LogP contribution in [0.3, 0.4) is 0 Å². The van der Waals surface area contributed by atoms with Gasteiger partial charge >= 0.3 is 0 Å². The maximum absolute atomic E-state index is 12.4. The number of carbonyl (C=O) groups is 1. The first-order chi connectivity index (χ1) is 10.1. The van der Waals surface area contributed by atoms with Gasteiger partial charge in [-0.1, -0.05) is 31.2 Å². The second-order valence-electron chi connectivity index (χ2n) is 6.22. The summed E-state index contributed by atoms with van der Waals surface area (Å²) >= 11 is 0. The molecule has 0 N–H and O–H groups in total. The summed E-state index contributed by atoms with van der Waals surface area (Å²) in [5.74, 6) is 0.126. The van der Waals surface area contributed by atoms with Gasteiger partial charge in [-0.05, 0) is 11.6 Å². The molecule has 0 bridgehead atoms. The topological polar surface area (TPSA) is 42.4 Å². The molecule has 21 heavy (non-hydrogen) atoms. The fraction of sp³-hybridized carbons (Fsp3) is 0.412. The Kier molecular flexibility index (Phi) is 3.64. The zero-order valence-corrected chi connectivity index (χ0v) is 12.5. The largest absolute Gasteiger partial charge is 0.380 e. The molecule has 1 saturated heterocycles. The van der Waals surface area contributed by atoms with Crippen molar-refractivity contribution in [1.82, 2.24) is 9.88 Å². The van der Waals surface area contributed by atoms with Crippen LogP contribution in [0.1, 0.15) is 12.5 Å². The number of para-hydroxylation sites is 1. The highest BCUT2D eigenvalue weighted by molar-refractivity contribution is 5.87. The van der Waals surface area contributed by atoms with Crippen molar-refractivity contribution in [2.45, 2.75) is 13.3 Å². The minimum Gasteiger partial charge on any atom is -0.380 e. The number of fused-ring (bicyclic) bond motifs is 1. The van der Waals surface area contributed by atoms with Gasteiger partial charge in [-0.3, -0.25) is 9.78 Å². The fourth-order valence-corrected chi connectivity index (χ4v) is 2.81. The first-order valence-electron chi connectivity index (χ1n) is 7.22. The molecule has 1 amide bonds. The minimum atomic E-state index is 0.113. The summed E-state index contributed by atoms with van der Waals surface area (Å²) < 4.78 is 5.25. The molecule has 110 valence electrons. The predicted octanol–water partition coefficient (Wildman–Crippen LogP) is 2.27. The van der Waals surface area contributed by atoms with E-state index in [1.54, 1.807) is 6.20 Å². The van der Waals surface area contributed by atoms with Crippen molar-refractivity contribution in [2.75, 3.05) is 26.8 Å². The average Bonchev–Trinajstić information content (AvgIpc) is 2.46. The highest BCUT2D eigenvalue weighted by atomic mass is 16.5. The van der Waals surface area contributed by atoms with Crippen LogP contribution < -0.4 is 0 Å². The van der Waals surface area contributed by atoms with Gasteiger partial charge in [0.1, 0.15) is 0 Å². The number of likely N-dealkylation sites (N-methyl/N-ethyl adjacent to an activating group) is 1. The van der Waals surface area contributed by atoms with E-state index in [0.29, 0.717) is 6.42 Å². The first kappa shape index (κ1) is 14.0. The van der Waals surface area contributed by atoms with Gasteiger partial charge in [0.25, 0.3) is 0 Å². The van der Waals surface area contributed by atoms with Crippen LogP contribution in [0.4, 0.5) is 0 Å². The molecule has 1 aromatic heterocycles. The second kappa shape index (κ2) is 5.45. The molecular formula is C17H20N2O2. The second-order valence-corrected chi connectivity index (χ2v) is 6.22. The quantitative estimate of drug-likeness (QED) is 0.865. The van der Waals surface area contributed by atoms with Crippen LogP contribution in [0.15, 0.2) is 36.5 Å². The molecule has 1 aromatic carbocycles. The molecule has 1 aliphatic rings. The maximum atomic E-state index is 12.4. The van der Waals surface area contributed by atoms with Gasteiger partial charge in [0.2, 0.25) is 5.91 Å². The summed E-state index contributed by atoms with van der Waals surface area (Å²) in [7, 11) is 1.87. The lowest BCUT2D eigenvalue weighted by Gasteiger charge is -2.40. The van der Waals surface area contributed by atoms with Crippen LogP contribution in [-0.2, 0) is 16.0 Å². The Morgan fingerprint density at radius 2 is 2.10 bits per heavy atom. The van der Waals surface area contributed by atoms with Crippen molar-refractivity contribution in [3.8, 4) is 0 Å². The molecule has 4 heteroatoms. The number of hydrogen-bond acceptors (Lipinski definition) is 3. The molecular weight excluding hydrogens is 264 g/mol. The van der Waals surface area contributed by atoms with Crippen molar-refractivity contribution in [1.29, 1.82) is 0 Å². The number of rotatable bonds is 4. The molecule has 1 fully saturated rings. The van der Waals surface area contributed by atoms with E-state index in [0.717, 1.165) is 36.2 Å². The lowest BCUT2D eigenvalue weighted by atomic mass is 9.88. The molecule has 0 atom stereocenters. The highest BCUT2D eigenvalue weighted by Crippen LogP contribution is 2.27. The summed E-state index contributed by atoms with van der Waals surface area (Å²) in [5, 5.41) is 1.07. The number of nitrogens with zero attached hydrogens (tertiary/aromatic N) is 2. The van der Waals surface area contributed by atoms with Gasteiger partial charge in [-0.25, -0.2) is 0 Å². The van der Waals surface area contributed by atoms with Crippen LogP contribution in [0.2, 0.25) is 0 Å². The zero-order chi connectivity index (χ0) is 14.9. The number of amides is 1. The monoisotopic (exact) mass is 284 g/mol. The summed E-state index contributed by atoms with van der Waals surface area (Å²) in [6, 6.07) is 9.92. The predicted molar refractivity (Wildman–Crippen MR) is 82.0 cm³/mol. The smallest absolute Gasteiger partial charge is 0.226 e. The number of carbonyl (C=O) groups excluding carboxylic acids is 1. The van der Waals surface area contributed by atoms with E-state index in [4.69, 9.17) is 4.74 Å². The van der Waals surface area contributed by atoms with Crippen molar-refractivity contribution >= 4 is 16.8 Å². The highest BCUT2D eigenvalue weighted by Gasteiger charge is 2.35. The molecule has 0 aliphatic carbocycles. The summed E-state index contributed by atoms with van der Waals surface area (Å²) in [6.07, 6.45) is 2.16. The molecule has 3 rings (SSSR count). The average molecular weight is 284 g/mol. The number of pyridine rings is 1. The van der Waals surface area contributed by atoms with Crippen molar-refractivity contribution in [3.63, 3.8) is 0 Å². The third-order valence-electron chi connectivity index (χ3n) is 4.00. The van der Waals surface area contributed by atoms with Crippen LogP contribution >= 0.6 is 0 Å². The van der Waals surface area contributed by atoms with E-state index >= 15 is 0 Å². The maximum Gasteiger partial charge on any atom is 0.226 e. The van der Waals surface area contributed by atoms with Crippen LogP contribution in [0.25, 0.3) is 10.9 Å². The van der Waals surface area contributed by atoms with E-state index in [-0.39, 0.29) is 11.3 Å². The summed E-state index contributed by atoms with van der Waals surface area (Å²) in [4.78, 5) is 18.6. The van der Waals surface area contributed by atoms with E-state index in [1.165, 1.54) is 0 Å². The third-order valence-corrected chi connectivity index (χ3v) is 4.00. The van der Waals surface area contributed by atoms with Gasteiger partial charge in [0.15, 0.2) is 0 Å². The molecule has 1 aliphatic heterocycles. The SMILES string of the molecule is CN(CC1(C)COC1)C(=O)Cc1cccc2cccnc12. The third kappa shape index (κ3) is 2.90. The van der Waals surface area contributed by atoms with Crippen LogP contribution in [0, 0.1) is 5.41 Å². The molecule has 0 saturated carbocycles. The number of ether oxygens (including phenoxy) is 1. The Bertz CT molecular complexity index is 659. The molecule has 0 spiro atoms. The van der Waals surface area contributed by atoms with E-state index < -0.39 is 0 Å². The molecule has 2 heterocycles.